The molecule has 0 fully saturated rings. The van der Waals surface area contributed by atoms with Gasteiger partial charge in [0.25, 0.3) is 0 Å². The van der Waals surface area contributed by atoms with Gasteiger partial charge in [-0.1, -0.05) is 30.3 Å². The van der Waals surface area contributed by atoms with Gasteiger partial charge in [0.2, 0.25) is 5.88 Å². The van der Waals surface area contributed by atoms with Crippen LogP contribution in [0.2, 0.25) is 0 Å². The van der Waals surface area contributed by atoms with Gasteiger partial charge < -0.3 is 14.0 Å². The van der Waals surface area contributed by atoms with Crippen molar-refractivity contribution in [2.24, 2.45) is 0 Å². The average Bonchev–Trinajstić information content (AvgIpc) is 2.90. The number of pyridine rings is 1. The van der Waals surface area contributed by atoms with E-state index in [-0.39, 0.29) is 0 Å². The largest absolute Gasteiger partial charge is 0.480 e. The maximum Gasteiger partial charge on any atom is 0.228 e. The quantitative estimate of drug-likeness (QED) is 0.462. The van der Waals surface area contributed by atoms with E-state index in [1.54, 1.807) is 7.11 Å². The van der Waals surface area contributed by atoms with E-state index in [4.69, 9.17) is 9.47 Å². The van der Waals surface area contributed by atoms with Crippen molar-refractivity contribution in [3.63, 3.8) is 0 Å². The summed E-state index contributed by atoms with van der Waals surface area (Å²) in [7, 11) is 1.62. The number of benzene rings is 1. The van der Waals surface area contributed by atoms with Crippen molar-refractivity contribution in [2.45, 2.75) is 19.6 Å². The van der Waals surface area contributed by atoms with Crippen LogP contribution < -0.4 is 4.74 Å². The third kappa shape index (κ3) is 3.99. The molecule has 0 saturated carbocycles. The van der Waals surface area contributed by atoms with Gasteiger partial charge >= 0.3 is 0 Å². The molecule has 126 valence electrons. The van der Waals surface area contributed by atoms with E-state index in [9.17, 15) is 0 Å². The Morgan fingerprint density at radius 2 is 1.92 bits per heavy atom. The lowest BCUT2D eigenvalue weighted by Gasteiger charge is -2.08. The van der Waals surface area contributed by atoms with Gasteiger partial charge in [-0.05, 0) is 49.9 Å². The summed E-state index contributed by atoms with van der Waals surface area (Å²) in [5.41, 5.74) is 3.17. The first kappa shape index (κ1) is 17.5. The molecule has 24 heavy (non-hydrogen) atoms. The molecule has 0 amide bonds. The molecule has 0 aliphatic rings. The van der Waals surface area contributed by atoms with Crippen LogP contribution in [0.25, 0.3) is 11.0 Å². The lowest BCUT2D eigenvalue weighted by Crippen LogP contribution is -2.02. The first-order valence-corrected chi connectivity index (χ1v) is 9.28. The molecule has 4 nitrogen and oxygen atoms in total. The third-order valence-corrected chi connectivity index (χ3v) is 4.87. The molecule has 3 aromatic rings. The van der Waals surface area contributed by atoms with Gasteiger partial charge in [0.15, 0.2) is 0 Å². The second-order valence-electron chi connectivity index (χ2n) is 5.41. The van der Waals surface area contributed by atoms with Gasteiger partial charge in [-0.3, -0.25) is 0 Å². The lowest BCUT2D eigenvalue weighted by atomic mass is 10.2. The summed E-state index contributed by atoms with van der Waals surface area (Å²) >= 11 is 7.07. The Bertz CT molecular complexity index is 819. The average molecular weight is 454 g/mol. The van der Waals surface area contributed by atoms with E-state index in [1.807, 2.05) is 24.3 Å². The number of hydrogen-bond acceptors (Lipinski definition) is 3. The first-order valence-electron chi connectivity index (χ1n) is 7.69. The molecule has 0 saturated heterocycles. The maximum absolute atomic E-state index is 5.75. The minimum atomic E-state index is 0.590. The normalized spacial score (nSPS) is 11.1. The summed E-state index contributed by atoms with van der Waals surface area (Å²) in [5.74, 6) is 0.590. The van der Waals surface area contributed by atoms with Crippen LogP contribution in [0.15, 0.2) is 51.5 Å². The molecule has 3 rings (SSSR count). The molecular weight excluding hydrogens is 436 g/mol. The summed E-state index contributed by atoms with van der Waals surface area (Å²) < 4.78 is 15.0. The Morgan fingerprint density at radius 1 is 1.12 bits per heavy atom. The predicted molar refractivity (Wildman–Crippen MR) is 102 cm³/mol. The van der Waals surface area contributed by atoms with Gasteiger partial charge in [0.1, 0.15) is 5.52 Å². The summed E-state index contributed by atoms with van der Waals surface area (Å²) in [6.07, 6.45) is 2.99. The number of methoxy groups -OCH3 is 1. The molecule has 2 aromatic heterocycles. The Balaban J connectivity index is 1.60. The van der Waals surface area contributed by atoms with E-state index in [0.29, 0.717) is 12.5 Å². The molecule has 0 spiro atoms. The fourth-order valence-electron chi connectivity index (χ4n) is 2.55. The van der Waals surface area contributed by atoms with Crippen molar-refractivity contribution in [1.82, 2.24) is 9.55 Å². The monoisotopic (exact) mass is 452 g/mol. The second-order valence-corrected chi connectivity index (χ2v) is 7.12. The molecule has 0 N–H and O–H groups in total. The molecule has 0 unspecified atom stereocenters. The SMILES string of the molecule is COc1nc2c(Br)cn(CCCOCc3ccccc3)c2cc1Br. The summed E-state index contributed by atoms with van der Waals surface area (Å²) in [4.78, 5) is 4.53. The van der Waals surface area contributed by atoms with E-state index in [0.717, 1.165) is 39.6 Å². The number of rotatable bonds is 7. The summed E-state index contributed by atoms with van der Waals surface area (Å²) in [6, 6.07) is 12.3. The number of hydrogen-bond donors (Lipinski definition) is 0. The summed E-state index contributed by atoms with van der Waals surface area (Å²) in [5, 5.41) is 0. The van der Waals surface area contributed by atoms with Gasteiger partial charge in [-0.15, -0.1) is 0 Å². The van der Waals surface area contributed by atoms with Crippen LogP contribution in [0.4, 0.5) is 0 Å². The zero-order valence-electron chi connectivity index (χ0n) is 13.3. The van der Waals surface area contributed by atoms with Crippen LogP contribution in [0, 0.1) is 0 Å². The van der Waals surface area contributed by atoms with Crippen LogP contribution in [-0.4, -0.2) is 23.3 Å². The Morgan fingerprint density at radius 3 is 2.67 bits per heavy atom. The molecule has 0 aliphatic carbocycles. The van der Waals surface area contributed by atoms with Crippen molar-refractivity contribution in [2.75, 3.05) is 13.7 Å². The highest BCUT2D eigenvalue weighted by Crippen LogP contribution is 2.32. The molecule has 6 heteroatoms. The zero-order chi connectivity index (χ0) is 16.9. The van der Waals surface area contributed by atoms with Crippen LogP contribution in [0.1, 0.15) is 12.0 Å². The Kier molecular flexibility index (Phi) is 5.92. The van der Waals surface area contributed by atoms with Gasteiger partial charge in [0.05, 0.1) is 28.2 Å². The van der Waals surface area contributed by atoms with Crippen molar-refractivity contribution in [1.29, 1.82) is 0 Å². The molecular formula is C18H18Br2N2O2. The smallest absolute Gasteiger partial charge is 0.228 e. The zero-order valence-corrected chi connectivity index (χ0v) is 16.5. The number of ether oxygens (including phenoxy) is 2. The molecule has 0 atom stereocenters. The Labute approximate surface area is 158 Å². The highest BCUT2D eigenvalue weighted by molar-refractivity contribution is 9.11. The first-order chi connectivity index (χ1) is 11.7. The molecule has 0 radical (unpaired) electrons. The minimum Gasteiger partial charge on any atom is -0.480 e. The number of halogens is 2. The lowest BCUT2D eigenvalue weighted by molar-refractivity contribution is 0.116. The highest BCUT2D eigenvalue weighted by atomic mass is 79.9. The maximum atomic E-state index is 5.75. The van der Waals surface area contributed by atoms with Crippen LogP contribution in [0.3, 0.4) is 0 Å². The Hall–Kier alpha value is -1.37. The fraction of sp³-hybridized carbons (Fsp3) is 0.278. The number of fused-ring (bicyclic) bond motifs is 1. The molecule has 0 aliphatic heterocycles. The molecule has 1 aromatic carbocycles. The minimum absolute atomic E-state index is 0.590. The molecule has 0 bridgehead atoms. The standard InChI is InChI=1S/C18H18Br2N2O2/c1-23-18-14(19)10-16-17(21-18)15(20)11-22(16)8-5-9-24-12-13-6-3-2-4-7-13/h2-4,6-7,10-11H,5,8-9,12H2,1H3. The fourth-order valence-corrected chi connectivity index (χ4v) is 3.56. The van der Waals surface area contributed by atoms with Gasteiger partial charge in [-0.2, -0.15) is 0 Å². The third-order valence-electron chi connectivity index (χ3n) is 3.72. The van der Waals surface area contributed by atoms with E-state index in [2.05, 4.69) is 59.7 Å². The summed E-state index contributed by atoms with van der Waals surface area (Å²) in [6.45, 7) is 2.25. The van der Waals surface area contributed by atoms with E-state index in [1.165, 1.54) is 5.56 Å². The molecule has 2 heterocycles. The van der Waals surface area contributed by atoms with Gasteiger partial charge in [-0.25, -0.2) is 4.98 Å². The predicted octanol–water partition coefficient (Wildman–Crippen LogP) is 5.18. The van der Waals surface area contributed by atoms with Gasteiger partial charge in [0, 0.05) is 19.3 Å². The van der Waals surface area contributed by atoms with E-state index >= 15 is 0 Å². The van der Waals surface area contributed by atoms with Crippen molar-refractivity contribution in [3.8, 4) is 5.88 Å². The number of aryl methyl sites for hydroxylation is 1. The van der Waals surface area contributed by atoms with Crippen LogP contribution in [-0.2, 0) is 17.9 Å². The van der Waals surface area contributed by atoms with E-state index < -0.39 is 0 Å². The number of aromatic nitrogens is 2. The van der Waals surface area contributed by atoms with Crippen molar-refractivity contribution in [3.05, 3.63) is 57.1 Å². The van der Waals surface area contributed by atoms with Crippen LogP contribution >= 0.6 is 31.9 Å². The van der Waals surface area contributed by atoms with Crippen molar-refractivity contribution < 1.29 is 9.47 Å². The topological polar surface area (TPSA) is 36.3 Å². The highest BCUT2D eigenvalue weighted by Gasteiger charge is 2.12. The number of nitrogens with zero attached hydrogens (tertiary/aromatic N) is 2. The second kappa shape index (κ2) is 8.14. The van der Waals surface area contributed by atoms with Crippen molar-refractivity contribution >= 4 is 42.9 Å². The van der Waals surface area contributed by atoms with Crippen LogP contribution in [0.5, 0.6) is 5.88 Å².